The molecule has 0 radical (unpaired) electrons. The summed E-state index contributed by atoms with van der Waals surface area (Å²) in [5.74, 6) is 1.67. The standard InChI is InChI=1S/C33H33N9O2.C19H14N6.C17H18N6O/c43-30(42-18-16-41(17-19-42)27-5-2-24(3-6-27)32-35-11-1-12-36-32)22-40-15-10-25(21-40)33(44)37-26-4-7-29-28(20-26)31(39-38-29)23-8-13-34-14-9-23;20-14-11-21-19-13(14)10-15(22-23-19)17-16-8-4-5-9-25(16)24-18(17)12-6-2-1-3-7-12;1-3-18-17(24)23-14-9-8-13-16(21-14)22-15(10-19-13)20-12-6-4-11(2)5-7-12/h1-9,11-14,20,25H,10,15-19,21-22H2,(H,37,44)(H,38,39);1-11H,20H2,(H,21,23);4-10H,3H2,1-2H3,(H3,18,20,21,22,23,24). The molecule has 2 fully saturated rings. The molecule has 464 valence electrons. The average molecular weight is 1240 g/mol. The fourth-order valence-corrected chi connectivity index (χ4v) is 11.3. The summed E-state index contributed by atoms with van der Waals surface area (Å²) < 4.78 is 1.87. The van der Waals surface area contributed by atoms with Gasteiger partial charge in [-0.1, -0.05) is 54.1 Å². The second-order valence-corrected chi connectivity index (χ2v) is 22.4. The highest BCUT2D eigenvalue weighted by molar-refractivity contribution is 6.00. The number of carbonyl (C=O) groups excluding carboxylic acids is 3. The van der Waals surface area contributed by atoms with E-state index in [0.29, 0.717) is 72.7 Å². The molecule has 1 atom stereocenters. The van der Waals surface area contributed by atoms with Gasteiger partial charge in [0.2, 0.25) is 11.8 Å². The Morgan fingerprint density at radius 2 is 1.45 bits per heavy atom. The number of pyridine rings is 3. The Labute approximate surface area is 533 Å². The maximum absolute atomic E-state index is 13.2. The fraction of sp³-hybridized carbons (Fsp3) is 0.174. The zero-order valence-electron chi connectivity index (χ0n) is 51.0. The number of rotatable bonds is 13. The molecule has 2 aliphatic rings. The van der Waals surface area contributed by atoms with Crippen LogP contribution in [0.3, 0.4) is 0 Å². The molecule has 0 aliphatic carbocycles. The third-order valence-corrected chi connectivity index (χ3v) is 16.1. The Kier molecular flexibility index (Phi) is 17.6. The number of nitrogens with zero attached hydrogens (tertiary/aromatic N) is 14. The van der Waals surface area contributed by atoms with E-state index in [4.69, 9.17) is 10.8 Å². The smallest absolute Gasteiger partial charge is 0.320 e. The predicted molar refractivity (Wildman–Crippen MR) is 361 cm³/mol. The number of nitrogen functional groups attached to an aromatic ring is 1. The third-order valence-electron chi connectivity index (χ3n) is 16.1. The summed E-state index contributed by atoms with van der Waals surface area (Å²) in [6.07, 6.45) is 13.0. The van der Waals surface area contributed by atoms with Crippen LogP contribution in [0.2, 0.25) is 0 Å². The van der Waals surface area contributed by atoms with Gasteiger partial charge < -0.3 is 36.5 Å². The van der Waals surface area contributed by atoms with E-state index < -0.39 is 0 Å². The molecule has 9 aromatic heterocycles. The van der Waals surface area contributed by atoms with E-state index in [1.807, 2.05) is 157 Å². The number of aryl methyl sites for hydroxylation is 1. The van der Waals surface area contributed by atoms with Crippen molar-refractivity contribution in [2.75, 3.05) is 78.9 Å². The highest BCUT2D eigenvalue weighted by atomic mass is 16.2. The summed E-state index contributed by atoms with van der Waals surface area (Å²) >= 11 is 0. The molecule has 2 aliphatic heterocycles. The summed E-state index contributed by atoms with van der Waals surface area (Å²) in [5, 5.41) is 34.3. The summed E-state index contributed by atoms with van der Waals surface area (Å²) in [7, 11) is 0. The van der Waals surface area contributed by atoms with Crippen molar-refractivity contribution in [2.45, 2.75) is 20.3 Å². The first-order valence-corrected chi connectivity index (χ1v) is 30.5. The van der Waals surface area contributed by atoms with Crippen molar-refractivity contribution in [1.82, 2.24) is 80.0 Å². The van der Waals surface area contributed by atoms with Crippen molar-refractivity contribution in [3.8, 4) is 45.2 Å². The number of hydrogen-bond donors (Lipinski definition) is 7. The molecule has 8 N–H and O–H groups in total. The van der Waals surface area contributed by atoms with Gasteiger partial charge in [-0.15, -0.1) is 10.2 Å². The zero-order chi connectivity index (χ0) is 63.6. The van der Waals surface area contributed by atoms with Gasteiger partial charge in [-0.2, -0.15) is 10.2 Å². The van der Waals surface area contributed by atoms with Crippen LogP contribution in [0.15, 0.2) is 195 Å². The Morgan fingerprint density at radius 1 is 0.688 bits per heavy atom. The van der Waals surface area contributed by atoms with Gasteiger partial charge in [0.05, 0.1) is 46.6 Å². The van der Waals surface area contributed by atoms with Crippen molar-refractivity contribution in [2.24, 2.45) is 5.92 Å². The van der Waals surface area contributed by atoms with E-state index in [2.05, 4.69) is 98.5 Å². The molecule has 4 aromatic carbocycles. The molecule has 1 unspecified atom stereocenters. The summed E-state index contributed by atoms with van der Waals surface area (Å²) in [4.78, 5) is 73.1. The van der Waals surface area contributed by atoms with Crippen molar-refractivity contribution in [3.63, 3.8) is 0 Å². The molecule has 4 amide bonds. The zero-order valence-corrected chi connectivity index (χ0v) is 51.0. The number of aromatic nitrogens is 13. The number of piperazine rings is 1. The largest absolute Gasteiger partial charge is 0.397 e. The van der Waals surface area contributed by atoms with Gasteiger partial charge in [-0.3, -0.25) is 29.9 Å². The number of nitrogens with one attached hydrogen (secondary N) is 6. The van der Waals surface area contributed by atoms with Crippen LogP contribution in [0, 0.1) is 12.8 Å². The molecule has 11 heterocycles. The predicted octanol–water partition coefficient (Wildman–Crippen LogP) is 10.4. The number of anilines is 6. The molecular weight excluding hydrogens is 1170 g/mol. The molecular formula is C69H65N21O3. The first-order valence-electron chi connectivity index (χ1n) is 30.5. The summed E-state index contributed by atoms with van der Waals surface area (Å²) in [6, 6.07) is 48.8. The van der Waals surface area contributed by atoms with E-state index in [9.17, 15) is 14.4 Å². The van der Waals surface area contributed by atoms with E-state index in [1.165, 1.54) is 5.56 Å². The lowest BCUT2D eigenvalue weighted by Gasteiger charge is -2.36. The van der Waals surface area contributed by atoms with Crippen LogP contribution in [0.4, 0.5) is 39.2 Å². The van der Waals surface area contributed by atoms with E-state index in [0.717, 1.165) is 104 Å². The topological polar surface area (TPSA) is 300 Å². The number of urea groups is 1. The highest BCUT2D eigenvalue weighted by Crippen LogP contribution is 2.36. The number of benzene rings is 4. The van der Waals surface area contributed by atoms with Crippen molar-refractivity contribution >= 4 is 90.8 Å². The van der Waals surface area contributed by atoms with Crippen LogP contribution >= 0.6 is 0 Å². The second-order valence-electron chi connectivity index (χ2n) is 22.4. The minimum atomic E-state index is -0.300. The first kappa shape index (κ1) is 59.9. The number of fused-ring (bicyclic) bond motifs is 4. The Balaban J connectivity index is 0.000000137. The van der Waals surface area contributed by atoms with E-state index in [1.54, 1.807) is 49.3 Å². The molecule has 2 saturated heterocycles. The Hall–Kier alpha value is -12.1. The lowest BCUT2D eigenvalue weighted by molar-refractivity contribution is -0.132. The van der Waals surface area contributed by atoms with Crippen molar-refractivity contribution in [1.29, 1.82) is 0 Å². The third kappa shape index (κ3) is 13.9. The molecule has 93 heavy (non-hydrogen) atoms. The van der Waals surface area contributed by atoms with Gasteiger partial charge in [0.15, 0.2) is 22.9 Å². The van der Waals surface area contributed by atoms with E-state index in [-0.39, 0.29) is 23.8 Å². The molecule has 24 heteroatoms. The van der Waals surface area contributed by atoms with Crippen LogP contribution in [-0.2, 0) is 9.59 Å². The number of likely N-dealkylation sites (tertiary alicyclic amines) is 1. The summed E-state index contributed by atoms with van der Waals surface area (Å²) in [5.41, 5.74) is 20.7. The van der Waals surface area contributed by atoms with Gasteiger partial charge in [-0.05, 0) is 130 Å². The van der Waals surface area contributed by atoms with Gasteiger partial charge in [0.1, 0.15) is 22.7 Å². The van der Waals surface area contributed by atoms with E-state index >= 15 is 0 Å². The number of H-pyrrole nitrogens is 2. The molecule has 13 aromatic rings. The monoisotopic (exact) mass is 1240 g/mol. The lowest BCUT2D eigenvalue weighted by atomic mass is 10.0. The maximum atomic E-state index is 13.2. The highest BCUT2D eigenvalue weighted by Gasteiger charge is 2.32. The van der Waals surface area contributed by atoms with Gasteiger partial charge >= 0.3 is 6.03 Å². The normalized spacial score (nSPS) is 13.9. The molecule has 0 spiro atoms. The quantitative estimate of drug-likeness (QED) is 0.0564. The lowest BCUT2D eigenvalue weighted by Crippen LogP contribution is -2.51. The Bertz CT molecular complexity index is 4750. The van der Waals surface area contributed by atoms with Crippen molar-refractivity contribution < 1.29 is 14.4 Å². The number of hydrogen-bond acceptors (Lipinski definition) is 17. The second kappa shape index (κ2) is 27.4. The maximum Gasteiger partial charge on any atom is 0.320 e. The average Bonchev–Trinajstić information content (AvgIpc) is 1.68. The molecule has 24 nitrogen and oxygen atoms in total. The van der Waals surface area contributed by atoms with Gasteiger partial charge in [0.25, 0.3) is 0 Å². The van der Waals surface area contributed by atoms with Gasteiger partial charge in [0, 0.05) is 121 Å². The fourth-order valence-electron chi connectivity index (χ4n) is 11.3. The van der Waals surface area contributed by atoms with Crippen LogP contribution in [-0.4, -0.2) is 145 Å². The number of nitrogens with two attached hydrogens (primary N) is 1. The number of carbonyl (C=O) groups is 3. The first-order chi connectivity index (χ1) is 45.5. The minimum Gasteiger partial charge on any atom is -0.397 e. The molecule has 0 saturated carbocycles. The number of amides is 4. The van der Waals surface area contributed by atoms with Crippen LogP contribution in [0.1, 0.15) is 18.9 Å². The van der Waals surface area contributed by atoms with Gasteiger partial charge in [-0.25, -0.2) is 34.2 Å². The van der Waals surface area contributed by atoms with Crippen LogP contribution in [0.25, 0.3) is 83.8 Å². The summed E-state index contributed by atoms with van der Waals surface area (Å²) in [6.45, 7) is 8.99. The minimum absolute atomic E-state index is 0.0216. The molecule has 15 rings (SSSR count). The van der Waals surface area contributed by atoms with Crippen LogP contribution in [0.5, 0.6) is 0 Å². The SMILES string of the molecule is CCNC(=O)Nc1ccc2ncc(Nc3ccc(C)cc3)nc2n1.Nc1c[nH]c2nnc(-c3c(-c4ccccc4)nn4ccccc34)cc12.O=C(Nc1ccc2[nH]nc(-c3ccncc3)c2c1)C1CCN(CC(=O)N2CCN(c3ccc(-c4ncccn4)cc3)CC2)C1. The molecule has 0 bridgehead atoms. The van der Waals surface area contributed by atoms with Crippen molar-refractivity contribution in [3.05, 3.63) is 201 Å². The van der Waals surface area contributed by atoms with Crippen LogP contribution < -0.4 is 31.9 Å². The number of aromatic amines is 2. The Morgan fingerprint density at radius 3 is 2.25 bits per heavy atom.